The molecular weight excluding hydrogens is 596 g/mol. The topological polar surface area (TPSA) is 110 Å². The highest BCUT2D eigenvalue weighted by molar-refractivity contribution is 7.15. The number of carbonyl (C=O) groups excluding carboxylic acids is 2. The van der Waals surface area contributed by atoms with Crippen LogP contribution in [-0.4, -0.2) is 44.6 Å². The monoisotopic (exact) mass is 628 g/mol. The van der Waals surface area contributed by atoms with Crippen molar-refractivity contribution in [3.63, 3.8) is 0 Å². The van der Waals surface area contributed by atoms with Crippen molar-refractivity contribution < 1.29 is 14.3 Å². The second kappa shape index (κ2) is 12.6. The highest BCUT2D eigenvalue weighted by Gasteiger charge is 2.32. The first-order valence-corrected chi connectivity index (χ1v) is 15.3. The molecular formula is C33H33ClN6O3S. The summed E-state index contributed by atoms with van der Waals surface area (Å²) >= 11 is 7.87. The van der Waals surface area contributed by atoms with Crippen LogP contribution >= 0.6 is 22.9 Å². The summed E-state index contributed by atoms with van der Waals surface area (Å²) in [7, 11) is 0. The molecule has 44 heavy (non-hydrogen) atoms. The molecule has 2 N–H and O–H groups in total. The van der Waals surface area contributed by atoms with Crippen LogP contribution in [0.3, 0.4) is 0 Å². The minimum Gasteiger partial charge on any atom is -0.444 e. The van der Waals surface area contributed by atoms with Crippen molar-refractivity contribution in [1.82, 2.24) is 20.1 Å². The molecule has 5 rings (SSSR count). The number of anilines is 1. The minimum absolute atomic E-state index is 0.0695. The summed E-state index contributed by atoms with van der Waals surface area (Å²) < 4.78 is 7.22. The van der Waals surface area contributed by atoms with Crippen LogP contribution in [-0.2, 0) is 9.53 Å². The number of hydrogen-bond donors (Lipinski definition) is 2. The van der Waals surface area contributed by atoms with E-state index >= 15 is 0 Å². The van der Waals surface area contributed by atoms with Crippen molar-refractivity contribution in [2.75, 3.05) is 11.9 Å². The van der Waals surface area contributed by atoms with Gasteiger partial charge in [-0.2, -0.15) is 0 Å². The SMILES string of the molecule is Cc1sc2c(c1C)C(c1ccc(Cl)cc1)=N[C@@H](CC(=O)Nc1ccc(C#CCNC(=O)OC(C)(C)C)cc1)c1nnc(C)n1-2. The third-order valence-electron chi connectivity index (χ3n) is 6.86. The van der Waals surface area contributed by atoms with Crippen molar-refractivity contribution in [2.45, 2.75) is 59.6 Å². The number of ether oxygens (including phenoxy) is 1. The van der Waals surface area contributed by atoms with Crippen molar-refractivity contribution in [2.24, 2.45) is 4.99 Å². The molecule has 0 fully saturated rings. The molecule has 2 aromatic carbocycles. The molecule has 226 valence electrons. The first-order chi connectivity index (χ1) is 20.9. The van der Waals surface area contributed by atoms with E-state index in [0.29, 0.717) is 16.5 Å². The average Bonchev–Trinajstić information content (AvgIpc) is 3.43. The number of hydrogen-bond acceptors (Lipinski definition) is 7. The Kier molecular flexibility index (Phi) is 8.90. The van der Waals surface area contributed by atoms with E-state index in [1.165, 1.54) is 4.88 Å². The van der Waals surface area contributed by atoms with E-state index in [1.54, 1.807) is 44.2 Å². The Morgan fingerprint density at radius 3 is 2.43 bits per heavy atom. The van der Waals surface area contributed by atoms with Crippen LogP contribution in [0.25, 0.3) is 5.00 Å². The number of carbonyl (C=O) groups is 2. The largest absolute Gasteiger partial charge is 0.444 e. The number of alkyl carbamates (subject to hydrolysis) is 1. The molecule has 1 aliphatic heterocycles. The van der Waals surface area contributed by atoms with Gasteiger partial charge in [-0.3, -0.25) is 14.4 Å². The third-order valence-corrected chi connectivity index (χ3v) is 8.30. The number of aromatic nitrogens is 3. The number of halogens is 1. The molecule has 11 heteroatoms. The van der Waals surface area contributed by atoms with Gasteiger partial charge in [0.2, 0.25) is 5.91 Å². The lowest BCUT2D eigenvalue weighted by Gasteiger charge is -2.18. The van der Waals surface area contributed by atoms with Gasteiger partial charge < -0.3 is 15.4 Å². The normalized spacial score (nSPS) is 13.9. The molecule has 0 saturated heterocycles. The summed E-state index contributed by atoms with van der Waals surface area (Å²) in [6.07, 6.45) is -0.447. The van der Waals surface area contributed by atoms with Gasteiger partial charge in [0, 0.05) is 32.3 Å². The smallest absolute Gasteiger partial charge is 0.408 e. The molecule has 0 spiro atoms. The number of aryl methyl sites for hydroxylation is 2. The maximum Gasteiger partial charge on any atom is 0.408 e. The van der Waals surface area contributed by atoms with Gasteiger partial charge in [-0.1, -0.05) is 35.6 Å². The predicted octanol–water partition coefficient (Wildman–Crippen LogP) is 6.70. The fraction of sp³-hybridized carbons (Fsp3) is 0.303. The number of thiophene rings is 1. The second-order valence-corrected chi connectivity index (χ2v) is 13.0. The standard InChI is InChI=1S/C33H33ClN6O3S/c1-19-20(2)44-31-28(19)29(23-11-13-24(34)14-12-23)37-26(30-39-38-21(3)40(30)31)18-27(41)36-25-15-9-22(10-16-25)8-7-17-35-32(42)43-33(4,5)6/h9-16,26H,17-18H2,1-6H3,(H,35,42)(H,36,41)/t26-/m0/s1. The molecule has 0 radical (unpaired) electrons. The number of rotatable bonds is 5. The lowest BCUT2D eigenvalue weighted by atomic mass is 9.99. The molecule has 0 bridgehead atoms. The molecule has 2 amide bonds. The highest BCUT2D eigenvalue weighted by atomic mass is 35.5. The van der Waals surface area contributed by atoms with E-state index in [4.69, 9.17) is 21.3 Å². The quantitative estimate of drug-likeness (QED) is 0.239. The zero-order valence-electron chi connectivity index (χ0n) is 25.4. The summed E-state index contributed by atoms with van der Waals surface area (Å²) in [5.74, 6) is 7.04. The van der Waals surface area contributed by atoms with Crippen molar-refractivity contribution >= 4 is 46.3 Å². The second-order valence-electron chi connectivity index (χ2n) is 11.4. The van der Waals surface area contributed by atoms with Gasteiger partial charge >= 0.3 is 6.09 Å². The van der Waals surface area contributed by atoms with Gasteiger partial charge in [0.05, 0.1) is 18.7 Å². The highest BCUT2D eigenvalue weighted by Crippen LogP contribution is 2.39. The van der Waals surface area contributed by atoms with Crippen molar-refractivity contribution in [1.29, 1.82) is 0 Å². The first-order valence-electron chi connectivity index (χ1n) is 14.1. The molecule has 2 aromatic heterocycles. The van der Waals surface area contributed by atoms with Gasteiger partial charge in [-0.15, -0.1) is 21.5 Å². The molecule has 0 unspecified atom stereocenters. The Morgan fingerprint density at radius 2 is 1.75 bits per heavy atom. The van der Waals surface area contributed by atoms with Gasteiger partial charge in [0.15, 0.2) is 5.82 Å². The molecule has 0 aliphatic carbocycles. The van der Waals surface area contributed by atoms with Gasteiger partial charge in [0.25, 0.3) is 0 Å². The lowest BCUT2D eigenvalue weighted by molar-refractivity contribution is -0.116. The summed E-state index contributed by atoms with van der Waals surface area (Å²) in [6.45, 7) is 11.7. The minimum atomic E-state index is -0.568. The Balaban J connectivity index is 1.34. The number of nitrogens with zero attached hydrogens (tertiary/aromatic N) is 4. The predicted molar refractivity (Wildman–Crippen MR) is 174 cm³/mol. The van der Waals surface area contributed by atoms with Crippen LogP contribution in [0.15, 0.2) is 53.5 Å². The zero-order chi connectivity index (χ0) is 31.6. The van der Waals surface area contributed by atoms with Gasteiger partial charge in [-0.25, -0.2) is 4.79 Å². The summed E-state index contributed by atoms with van der Waals surface area (Å²) in [4.78, 5) is 31.4. The van der Waals surface area contributed by atoms with Gasteiger partial charge in [0.1, 0.15) is 22.5 Å². The van der Waals surface area contributed by atoms with Crippen LogP contribution in [0.2, 0.25) is 5.02 Å². The van der Waals surface area contributed by atoms with Crippen LogP contribution in [0.1, 0.15) is 72.0 Å². The van der Waals surface area contributed by atoms with E-state index in [-0.39, 0.29) is 18.9 Å². The van der Waals surface area contributed by atoms with E-state index < -0.39 is 17.7 Å². The molecule has 1 atom stereocenters. The number of fused-ring (bicyclic) bond motifs is 3. The lowest BCUT2D eigenvalue weighted by Crippen LogP contribution is -2.32. The Labute approximate surface area is 265 Å². The van der Waals surface area contributed by atoms with Crippen LogP contribution in [0.5, 0.6) is 0 Å². The Bertz CT molecular complexity index is 1810. The fourth-order valence-corrected chi connectivity index (χ4v) is 6.07. The molecule has 3 heterocycles. The first kappa shape index (κ1) is 31.0. The summed E-state index contributed by atoms with van der Waals surface area (Å²) in [6, 6.07) is 14.2. The maximum atomic E-state index is 13.4. The van der Waals surface area contributed by atoms with Crippen molar-refractivity contribution in [3.05, 3.63) is 92.3 Å². The number of aliphatic imine (C=N–C) groups is 1. The number of nitrogens with one attached hydrogen (secondary N) is 2. The van der Waals surface area contributed by atoms with Crippen LogP contribution < -0.4 is 10.6 Å². The van der Waals surface area contributed by atoms with E-state index in [9.17, 15) is 9.59 Å². The van der Waals surface area contributed by atoms with Gasteiger partial charge in [-0.05, 0) is 83.5 Å². The van der Waals surface area contributed by atoms with Crippen molar-refractivity contribution in [3.8, 4) is 16.8 Å². The van der Waals surface area contributed by atoms with E-state index in [0.717, 1.165) is 38.8 Å². The third kappa shape index (κ3) is 7.01. The van der Waals surface area contributed by atoms with Crippen LogP contribution in [0.4, 0.5) is 10.5 Å². The summed E-state index contributed by atoms with van der Waals surface area (Å²) in [5, 5.41) is 16.0. The Hall–Kier alpha value is -4.46. The van der Waals surface area contributed by atoms with E-state index in [1.807, 2.05) is 47.9 Å². The molecule has 1 aliphatic rings. The molecule has 4 aromatic rings. The fourth-order valence-electron chi connectivity index (χ4n) is 4.73. The average molecular weight is 629 g/mol. The van der Waals surface area contributed by atoms with Crippen LogP contribution in [0, 0.1) is 32.6 Å². The van der Waals surface area contributed by atoms with E-state index in [2.05, 4.69) is 46.5 Å². The molecule has 0 saturated carbocycles. The number of benzene rings is 2. The number of amides is 2. The molecule has 9 nitrogen and oxygen atoms in total. The summed E-state index contributed by atoms with van der Waals surface area (Å²) in [5.41, 5.74) is 4.66. The zero-order valence-corrected chi connectivity index (χ0v) is 27.0. The Morgan fingerprint density at radius 1 is 1.05 bits per heavy atom. The maximum absolute atomic E-state index is 13.4.